The third-order valence-corrected chi connectivity index (χ3v) is 4.75. The van der Waals surface area contributed by atoms with Crippen LogP contribution in [0.4, 0.5) is 0 Å². The zero-order valence-corrected chi connectivity index (χ0v) is 11.5. The van der Waals surface area contributed by atoms with E-state index in [4.69, 9.17) is 0 Å². The van der Waals surface area contributed by atoms with Gasteiger partial charge in [0.15, 0.2) is 0 Å². The molecule has 1 saturated carbocycles. The Hall–Kier alpha value is -0.830. The molecule has 0 bridgehead atoms. The highest BCUT2D eigenvalue weighted by Gasteiger charge is 2.42. The Kier molecular flexibility index (Phi) is 3.42. The number of aromatic nitrogens is 2. The zero-order valence-electron chi connectivity index (χ0n) is 11.5. The maximum atomic E-state index is 4.41. The molecule has 3 heteroatoms. The molecule has 2 heterocycles. The van der Waals surface area contributed by atoms with Crippen LogP contribution >= 0.6 is 0 Å². The Balaban J connectivity index is 1.71. The second kappa shape index (κ2) is 5.04. The maximum Gasteiger partial charge on any atom is 0.0948 e. The quantitative estimate of drug-likeness (QED) is 0.867. The first kappa shape index (κ1) is 12.2. The van der Waals surface area contributed by atoms with Crippen LogP contribution < -0.4 is 5.32 Å². The van der Waals surface area contributed by atoms with Gasteiger partial charge in [-0.05, 0) is 50.6 Å². The van der Waals surface area contributed by atoms with Crippen LogP contribution in [-0.4, -0.2) is 22.6 Å². The van der Waals surface area contributed by atoms with Gasteiger partial charge in [-0.2, -0.15) is 0 Å². The van der Waals surface area contributed by atoms with E-state index in [1.807, 2.05) is 0 Å². The summed E-state index contributed by atoms with van der Waals surface area (Å²) >= 11 is 0. The SMILES string of the molecule is CCCC1(Cn2cncc2C2CCNCC2)CC1. The zero-order chi connectivity index (χ0) is 12.4. The van der Waals surface area contributed by atoms with Crippen molar-refractivity contribution < 1.29 is 0 Å². The Morgan fingerprint density at radius 1 is 1.39 bits per heavy atom. The van der Waals surface area contributed by atoms with E-state index in [0.717, 1.165) is 19.0 Å². The second-order valence-electron chi connectivity index (χ2n) is 6.22. The molecular weight excluding hydrogens is 222 g/mol. The van der Waals surface area contributed by atoms with Crippen molar-refractivity contribution in [1.29, 1.82) is 0 Å². The summed E-state index contributed by atoms with van der Waals surface area (Å²) in [5.74, 6) is 0.728. The smallest absolute Gasteiger partial charge is 0.0948 e. The van der Waals surface area contributed by atoms with Gasteiger partial charge in [-0.1, -0.05) is 13.3 Å². The number of piperidine rings is 1. The summed E-state index contributed by atoms with van der Waals surface area (Å²) in [7, 11) is 0. The van der Waals surface area contributed by atoms with Crippen molar-refractivity contribution in [3.05, 3.63) is 18.2 Å². The molecule has 3 rings (SSSR count). The topological polar surface area (TPSA) is 29.9 Å². The molecule has 1 saturated heterocycles. The summed E-state index contributed by atoms with van der Waals surface area (Å²) in [5.41, 5.74) is 2.11. The van der Waals surface area contributed by atoms with Crippen LogP contribution in [0.1, 0.15) is 57.1 Å². The second-order valence-corrected chi connectivity index (χ2v) is 6.22. The minimum Gasteiger partial charge on any atom is -0.334 e. The Bertz CT molecular complexity index is 386. The van der Waals surface area contributed by atoms with Crippen LogP contribution in [-0.2, 0) is 6.54 Å². The first-order valence-corrected chi connectivity index (χ1v) is 7.54. The minimum absolute atomic E-state index is 0.622. The third-order valence-electron chi connectivity index (χ3n) is 4.75. The number of hydrogen-bond acceptors (Lipinski definition) is 2. The van der Waals surface area contributed by atoms with Gasteiger partial charge in [0.05, 0.1) is 6.33 Å². The molecule has 1 aliphatic carbocycles. The van der Waals surface area contributed by atoms with Crippen molar-refractivity contribution in [1.82, 2.24) is 14.9 Å². The first-order chi connectivity index (χ1) is 8.83. The van der Waals surface area contributed by atoms with Gasteiger partial charge in [-0.25, -0.2) is 4.98 Å². The van der Waals surface area contributed by atoms with Crippen molar-refractivity contribution in [3.63, 3.8) is 0 Å². The molecule has 0 unspecified atom stereocenters. The van der Waals surface area contributed by atoms with E-state index in [9.17, 15) is 0 Å². The summed E-state index contributed by atoms with van der Waals surface area (Å²) in [6.45, 7) is 5.84. The molecule has 2 aliphatic rings. The molecule has 3 nitrogen and oxygen atoms in total. The van der Waals surface area contributed by atoms with Crippen LogP contribution in [0.2, 0.25) is 0 Å². The molecule has 0 radical (unpaired) electrons. The predicted molar refractivity (Wildman–Crippen MR) is 73.6 cm³/mol. The molecule has 1 aromatic heterocycles. The molecule has 1 aromatic rings. The van der Waals surface area contributed by atoms with Crippen LogP contribution in [0.25, 0.3) is 0 Å². The molecule has 1 N–H and O–H groups in total. The van der Waals surface area contributed by atoms with Crippen LogP contribution in [0.5, 0.6) is 0 Å². The van der Waals surface area contributed by atoms with E-state index in [1.165, 1.54) is 50.8 Å². The standard InChI is InChI=1S/C15H25N3/c1-2-5-15(6-7-15)11-18-12-17-10-14(18)13-3-8-16-9-4-13/h10,12-13,16H,2-9,11H2,1H3. The van der Waals surface area contributed by atoms with Crippen molar-refractivity contribution in [2.75, 3.05) is 13.1 Å². The highest BCUT2D eigenvalue weighted by Crippen LogP contribution is 2.51. The lowest BCUT2D eigenvalue weighted by Gasteiger charge is -2.25. The number of hydrogen-bond donors (Lipinski definition) is 1. The van der Waals surface area contributed by atoms with Gasteiger partial charge >= 0.3 is 0 Å². The molecule has 2 fully saturated rings. The molecule has 0 spiro atoms. The fourth-order valence-electron chi connectivity index (χ4n) is 3.48. The fraction of sp³-hybridized carbons (Fsp3) is 0.800. The monoisotopic (exact) mass is 247 g/mol. The van der Waals surface area contributed by atoms with Crippen molar-refractivity contribution >= 4 is 0 Å². The normalized spacial score (nSPS) is 23.2. The third kappa shape index (κ3) is 2.46. The molecule has 1 aliphatic heterocycles. The molecule has 0 amide bonds. The Morgan fingerprint density at radius 2 is 2.17 bits per heavy atom. The molecule has 100 valence electrons. The van der Waals surface area contributed by atoms with E-state index in [2.05, 4.69) is 34.3 Å². The summed E-state index contributed by atoms with van der Waals surface area (Å²) in [5, 5.41) is 3.45. The van der Waals surface area contributed by atoms with E-state index >= 15 is 0 Å². The number of nitrogens with one attached hydrogen (secondary N) is 1. The van der Waals surface area contributed by atoms with Crippen molar-refractivity contribution in [2.45, 2.75) is 57.9 Å². The maximum absolute atomic E-state index is 4.41. The van der Waals surface area contributed by atoms with Gasteiger partial charge in [0.1, 0.15) is 0 Å². The van der Waals surface area contributed by atoms with Gasteiger partial charge in [-0.3, -0.25) is 0 Å². The van der Waals surface area contributed by atoms with Crippen LogP contribution in [0.15, 0.2) is 12.5 Å². The van der Waals surface area contributed by atoms with Crippen molar-refractivity contribution in [3.8, 4) is 0 Å². The lowest BCUT2D eigenvalue weighted by molar-refractivity contribution is 0.366. The van der Waals surface area contributed by atoms with E-state index in [1.54, 1.807) is 0 Å². The average Bonchev–Trinajstić information content (AvgIpc) is 3.00. The summed E-state index contributed by atoms with van der Waals surface area (Å²) < 4.78 is 2.46. The number of rotatable bonds is 5. The molecule has 18 heavy (non-hydrogen) atoms. The van der Waals surface area contributed by atoms with Crippen molar-refractivity contribution in [2.24, 2.45) is 5.41 Å². The molecule has 0 atom stereocenters. The van der Waals surface area contributed by atoms with Gasteiger partial charge in [-0.15, -0.1) is 0 Å². The first-order valence-electron chi connectivity index (χ1n) is 7.54. The van der Waals surface area contributed by atoms with Gasteiger partial charge in [0, 0.05) is 24.4 Å². The summed E-state index contributed by atoms with van der Waals surface area (Å²) in [4.78, 5) is 4.41. The molecule has 0 aromatic carbocycles. The summed E-state index contributed by atoms with van der Waals surface area (Å²) in [6, 6.07) is 0. The average molecular weight is 247 g/mol. The number of imidazole rings is 1. The van der Waals surface area contributed by atoms with Gasteiger partial charge in [0.25, 0.3) is 0 Å². The van der Waals surface area contributed by atoms with Gasteiger partial charge in [0.2, 0.25) is 0 Å². The molecular formula is C15H25N3. The van der Waals surface area contributed by atoms with Gasteiger partial charge < -0.3 is 9.88 Å². The van der Waals surface area contributed by atoms with E-state index in [0.29, 0.717) is 5.41 Å². The summed E-state index contributed by atoms with van der Waals surface area (Å²) in [6.07, 6.45) is 12.3. The van der Waals surface area contributed by atoms with Crippen LogP contribution in [0, 0.1) is 5.41 Å². The fourth-order valence-corrected chi connectivity index (χ4v) is 3.48. The Labute approximate surface area is 110 Å². The lowest BCUT2D eigenvalue weighted by Crippen LogP contribution is -2.28. The minimum atomic E-state index is 0.622. The van der Waals surface area contributed by atoms with Crippen LogP contribution in [0.3, 0.4) is 0 Å². The Morgan fingerprint density at radius 3 is 2.83 bits per heavy atom. The lowest BCUT2D eigenvalue weighted by atomic mass is 9.94. The highest BCUT2D eigenvalue weighted by molar-refractivity contribution is 5.09. The largest absolute Gasteiger partial charge is 0.334 e. The van der Waals surface area contributed by atoms with E-state index < -0.39 is 0 Å². The highest BCUT2D eigenvalue weighted by atomic mass is 15.1. The predicted octanol–water partition coefficient (Wildman–Crippen LogP) is 2.93. The number of nitrogens with zero attached hydrogens (tertiary/aromatic N) is 2. The van der Waals surface area contributed by atoms with E-state index in [-0.39, 0.29) is 0 Å².